The van der Waals surface area contributed by atoms with Crippen LogP contribution in [0.15, 0.2) is 24.3 Å². The predicted molar refractivity (Wildman–Crippen MR) is 96.5 cm³/mol. The Labute approximate surface area is 148 Å². The van der Waals surface area contributed by atoms with Crippen LogP contribution >= 0.6 is 12.4 Å². The van der Waals surface area contributed by atoms with Crippen molar-refractivity contribution in [2.45, 2.75) is 44.6 Å². The molecule has 0 aliphatic heterocycles. The first-order valence-electron chi connectivity index (χ1n) is 8.13. The van der Waals surface area contributed by atoms with Gasteiger partial charge in [-0.25, -0.2) is 0 Å². The van der Waals surface area contributed by atoms with Crippen molar-refractivity contribution in [3.63, 3.8) is 0 Å². The number of amides is 2. The molecule has 0 heterocycles. The van der Waals surface area contributed by atoms with E-state index in [0.717, 1.165) is 32.1 Å². The highest BCUT2D eigenvalue weighted by Gasteiger charge is 2.35. The third-order valence-corrected chi connectivity index (χ3v) is 4.05. The van der Waals surface area contributed by atoms with Crippen molar-refractivity contribution < 1.29 is 14.3 Å². The lowest BCUT2D eigenvalue weighted by Gasteiger charge is -2.31. The Morgan fingerprint density at radius 3 is 2.38 bits per heavy atom. The van der Waals surface area contributed by atoms with Crippen molar-refractivity contribution in [1.29, 1.82) is 0 Å². The number of likely N-dealkylation sites (N-methyl/N-ethyl adjacent to an activating group) is 1. The molecule has 6 nitrogen and oxygen atoms in total. The molecule has 2 amide bonds. The van der Waals surface area contributed by atoms with Gasteiger partial charge in [0.25, 0.3) is 5.91 Å². The highest BCUT2D eigenvalue weighted by atomic mass is 35.5. The van der Waals surface area contributed by atoms with Gasteiger partial charge in [-0.1, -0.05) is 19.3 Å². The van der Waals surface area contributed by atoms with E-state index in [-0.39, 0.29) is 30.8 Å². The van der Waals surface area contributed by atoms with E-state index in [1.807, 2.05) is 6.92 Å². The number of hydrogen-bond acceptors (Lipinski definition) is 4. The lowest BCUT2D eigenvalue weighted by Crippen LogP contribution is -2.52. The van der Waals surface area contributed by atoms with E-state index in [2.05, 4.69) is 10.6 Å². The van der Waals surface area contributed by atoms with Gasteiger partial charge in [-0.05, 0) is 44.0 Å². The van der Waals surface area contributed by atoms with Crippen LogP contribution in [0.5, 0.6) is 5.75 Å². The van der Waals surface area contributed by atoms with Gasteiger partial charge in [-0.15, -0.1) is 12.4 Å². The van der Waals surface area contributed by atoms with Crippen LogP contribution in [0, 0.1) is 0 Å². The van der Waals surface area contributed by atoms with Crippen molar-refractivity contribution in [2.24, 2.45) is 5.73 Å². The zero-order valence-electron chi connectivity index (χ0n) is 14.0. The van der Waals surface area contributed by atoms with Gasteiger partial charge >= 0.3 is 0 Å². The first-order chi connectivity index (χ1) is 11.0. The molecule has 0 saturated heterocycles. The second kappa shape index (κ2) is 9.49. The number of nitrogens with two attached hydrogens (primary N) is 1. The Hall–Kier alpha value is -1.79. The number of rotatable bonds is 6. The molecule has 1 aromatic rings. The van der Waals surface area contributed by atoms with Gasteiger partial charge in [-0.2, -0.15) is 0 Å². The SMILES string of the molecule is CCNC(=O)COc1ccc(NC(=O)C2(N)CCCCC2)cc1.Cl. The maximum Gasteiger partial charge on any atom is 0.257 e. The maximum absolute atomic E-state index is 12.3. The fourth-order valence-corrected chi connectivity index (χ4v) is 2.70. The van der Waals surface area contributed by atoms with Crippen molar-refractivity contribution in [1.82, 2.24) is 5.32 Å². The lowest BCUT2D eigenvalue weighted by molar-refractivity contribution is -0.123. The summed E-state index contributed by atoms with van der Waals surface area (Å²) in [5.41, 5.74) is 6.13. The Kier molecular flexibility index (Phi) is 8.01. The fraction of sp³-hybridized carbons (Fsp3) is 0.529. The standard InChI is InChI=1S/C17H25N3O3.ClH/c1-2-19-15(21)12-23-14-8-6-13(7-9-14)20-16(22)17(18)10-4-3-5-11-17;/h6-9H,2-5,10-12,18H2,1H3,(H,19,21)(H,20,22);1H. The molecule has 2 rings (SSSR count). The third-order valence-electron chi connectivity index (χ3n) is 4.05. The molecule has 0 unspecified atom stereocenters. The lowest BCUT2D eigenvalue weighted by atomic mass is 9.82. The van der Waals surface area contributed by atoms with Crippen molar-refractivity contribution in [3.8, 4) is 5.75 Å². The molecule has 0 atom stereocenters. The van der Waals surface area contributed by atoms with Crippen molar-refractivity contribution in [3.05, 3.63) is 24.3 Å². The molecule has 1 fully saturated rings. The summed E-state index contributed by atoms with van der Waals surface area (Å²) in [6, 6.07) is 6.94. The summed E-state index contributed by atoms with van der Waals surface area (Å²) in [6.07, 6.45) is 4.59. The predicted octanol–water partition coefficient (Wildman–Crippen LogP) is 2.22. The number of benzene rings is 1. The quantitative estimate of drug-likeness (QED) is 0.729. The second-order valence-electron chi connectivity index (χ2n) is 5.94. The molecule has 0 bridgehead atoms. The number of anilines is 1. The summed E-state index contributed by atoms with van der Waals surface area (Å²) >= 11 is 0. The molecule has 0 spiro atoms. The van der Waals surface area contributed by atoms with Crippen LogP contribution in [0.4, 0.5) is 5.69 Å². The Balaban J connectivity index is 0.00000288. The molecule has 1 aliphatic rings. The zero-order valence-corrected chi connectivity index (χ0v) is 14.8. The van der Waals surface area contributed by atoms with Gasteiger partial charge in [0.15, 0.2) is 6.61 Å². The summed E-state index contributed by atoms with van der Waals surface area (Å²) in [5, 5.41) is 5.52. The van der Waals surface area contributed by atoms with Crippen LogP contribution in [0.2, 0.25) is 0 Å². The Morgan fingerprint density at radius 2 is 1.79 bits per heavy atom. The van der Waals surface area contributed by atoms with E-state index >= 15 is 0 Å². The molecule has 0 radical (unpaired) electrons. The zero-order chi connectivity index (χ0) is 16.7. The number of halogens is 1. The van der Waals surface area contributed by atoms with Crippen LogP contribution in [-0.4, -0.2) is 30.5 Å². The summed E-state index contributed by atoms with van der Waals surface area (Å²) in [4.78, 5) is 23.7. The Morgan fingerprint density at radius 1 is 1.17 bits per heavy atom. The molecule has 24 heavy (non-hydrogen) atoms. The number of carbonyl (C=O) groups excluding carboxylic acids is 2. The fourth-order valence-electron chi connectivity index (χ4n) is 2.70. The highest BCUT2D eigenvalue weighted by Crippen LogP contribution is 2.27. The van der Waals surface area contributed by atoms with Gasteiger partial charge in [0, 0.05) is 12.2 Å². The van der Waals surface area contributed by atoms with Gasteiger partial charge in [0.1, 0.15) is 5.75 Å². The van der Waals surface area contributed by atoms with E-state index in [0.29, 0.717) is 18.0 Å². The second-order valence-corrected chi connectivity index (χ2v) is 5.94. The van der Waals surface area contributed by atoms with Crippen LogP contribution in [0.25, 0.3) is 0 Å². The third kappa shape index (κ3) is 5.69. The first kappa shape index (κ1) is 20.3. The minimum Gasteiger partial charge on any atom is -0.484 e. The van der Waals surface area contributed by atoms with Crippen molar-refractivity contribution in [2.75, 3.05) is 18.5 Å². The topological polar surface area (TPSA) is 93.5 Å². The van der Waals surface area contributed by atoms with E-state index in [1.165, 1.54) is 0 Å². The van der Waals surface area contributed by atoms with E-state index in [1.54, 1.807) is 24.3 Å². The van der Waals surface area contributed by atoms with Crippen LogP contribution in [0.1, 0.15) is 39.0 Å². The summed E-state index contributed by atoms with van der Waals surface area (Å²) in [6.45, 7) is 2.41. The number of ether oxygens (including phenoxy) is 1. The normalized spacial score (nSPS) is 15.8. The summed E-state index contributed by atoms with van der Waals surface area (Å²) < 4.78 is 5.37. The number of carbonyl (C=O) groups is 2. The molecule has 7 heteroatoms. The van der Waals surface area contributed by atoms with E-state index in [4.69, 9.17) is 10.5 Å². The Bertz CT molecular complexity index is 543. The molecule has 1 aromatic carbocycles. The van der Waals surface area contributed by atoms with Crippen LogP contribution in [0.3, 0.4) is 0 Å². The van der Waals surface area contributed by atoms with Gasteiger partial charge < -0.3 is 21.1 Å². The molecule has 1 aliphatic carbocycles. The first-order valence-corrected chi connectivity index (χ1v) is 8.13. The van der Waals surface area contributed by atoms with Crippen LogP contribution < -0.4 is 21.1 Å². The van der Waals surface area contributed by atoms with Gasteiger partial charge in [-0.3, -0.25) is 9.59 Å². The average molecular weight is 356 g/mol. The highest BCUT2D eigenvalue weighted by molar-refractivity contribution is 5.98. The monoisotopic (exact) mass is 355 g/mol. The largest absolute Gasteiger partial charge is 0.484 e. The van der Waals surface area contributed by atoms with Crippen molar-refractivity contribution >= 4 is 29.9 Å². The van der Waals surface area contributed by atoms with E-state index < -0.39 is 5.54 Å². The van der Waals surface area contributed by atoms with Crippen LogP contribution in [-0.2, 0) is 9.59 Å². The number of hydrogen-bond donors (Lipinski definition) is 3. The number of nitrogens with one attached hydrogen (secondary N) is 2. The minimum absolute atomic E-state index is 0. The molecule has 1 saturated carbocycles. The molecular formula is C17H26ClN3O3. The van der Waals surface area contributed by atoms with E-state index in [9.17, 15) is 9.59 Å². The summed E-state index contributed by atoms with van der Waals surface area (Å²) in [7, 11) is 0. The maximum atomic E-state index is 12.3. The molecular weight excluding hydrogens is 330 g/mol. The minimum atomic E-state index is -0.758. The summed E-state index contributed by atoms with van der Waals surface area (Å²) in [5.74, 6) is 0.287. The average Bonchev–Trinajstić information content (AvgIpc) is 2.55. The molecule has 0 aromatic heterocycles. The molecule has 4 N–H and O–H groups in total. The van der Waals surface area contributed by atoms with Gasteiger partial charge in [0.05, 0.1) is 5.54 Å². The smallest absolute Gasteiger partial charge is 0.257 e. The molecule has 134 valence electrons. The van der Waals surface area contributed by atoms with Gasteiger partial charge in [0.2, 0.25) is 5.91 Å².